The summed E-state index contributed by atoms with van der Waals surface area (Å²) >= 11 is 0. The maximum atomic E-state index is 3.94. The molecule has 0 spiro atoms. The lowest BCUT2D eigenvalue weighted by molar-refractivity contribution is 0.792. The Labute approximate surface area is 102 Å². The van der Waals surface area contributed by atoms with Crippen LogP contribution in [0.4, 0.5) is 0 Å². The van der Waals surface area contributed by atoms with Gasteiger partial charge in [0.05, 0.1) is 8.07 Å². The fourth-order valence-corrected chi connectivity index (χ4v) is 6.71. The lowest BCUT2D eigenvalue weighted by Crippen LogP contribution is -2.41. The van der Waals surface area contributed by atoms with Gasteiger partial charge in [-0.3, -0.25) is 0 Å². The van der Waals surface area contributed by atoms with Gasteiger partial charge >= 0.3 is 0 Å². The second-order valence-corrected chi connectivity index (χ2v) is 11.2. The van der Waals surface area contributed by atoms with Crippen molar-refractivity contribution < 1.29 is 0 Å². The topological polar surface area (TPSA) is 0 Å². The van der Waals surface area contributed by atoms with Crippen molar-refractivity contribution in [2.45, 2.75) is 58.8 Å². The van der Waals surface area contributed by atoms with Crippen molar-refractivity contribution in [1.82, 2.24) is 0 Å². The second-order valence-electron chi connectivity index (χ2n) is 6.00. The number of hydrogen-bond acceptors (Lipinski definition) is 0. The lowest BCUT2D eigenvalue weighted by Gasteiger charge is -2.43. The summed E-state index contributed by atoms with van der Waals surface area (Å²) in [6.45, 7) is 20.6. The molecule has 0 nitrogen and oxygen atoms in total. The van der Waals surface area contributed by atoms with Crippen molar-refractivity contribution in [3.8, 4) is 0 Å². The van der Waals surface area contributed by atoms with E-state index in [0.717, 1.165) is 0 Å². The predicted molar refractivity (Wildman–Crippen MR) is 77.6 cm³/mol. The molecule has 1 aliphatic rings. The van der Waals surface area contributed by atoms with Gasteiger partial charge in [-0.2, -0.15) is 0 Å². The Balaban J connectivity index is 3.37. The molecule has 1 aliphatic carbocycles. The highest BCUT2D eigenvalue weighted by molar-refractivity contribution is 6.82. The molecule has 16 heavy (non-hydrogen) atoms. The SMILES string of the molecule is C=CC[Si](C)(C)C1(C)C(C)=C(C)C(C)=C1C. The van der Waals surface area contributed by atoms with E-state index in [2.05, 4.69) is 60.4 Å². The molecular formula is C15H26Si. The van der Waals surface area contributed by atoms with Gasteiger partial charge in [0, 0.05) is 5.04 Å². The van der Waals surface area contributed by atoms with Crippen LogP contribution >= 0.6 is 0 Å². The third-order valence-corrected chi connectivity index (χ3v) is 9.96. The standard InChI is InChI=1S/C15H26Si/c1-9-10-16(7,8)15(6)13(4)11(2)12(3)14(15)5/h9H,1,10H2,2-8H3. The zero-order valence-electron chi connectivity index (χ0n) is 12.0. The number of hydrogen-bond donors (Lipinski definition) is 0. The summed E-state index contributed by atoms with van der Waals surface area (Å²) in [7, 11) is -1.34. The van der Waals surface area contributed by atoms with Gasteiger partial charge in [-0.05, 0) is 44.9 Å². The van der Waals surface area contributed by atoms with E-state index in [1.165, 1.54) is 17.2 Å². The third-order valence-electron chi connectivity index (χ3n) is 5.20. The molecule has 0 aromatic carbocycles. The van der Waals surface area contributed by atoms with E-state index in [4.69, 9.17) is 0 Å². The normalized spacial score (nSPS) is 20.7. The molecule has 0 atom stereocenters. The van der Waals surface area contributed by atoms with E-state index in [-0.39, 0.29) is 0 Å². The zero-order chi connectivity index (χ0) is 12.7. The van der Waals surface area contributed by atoms with E-state index in [0.29, 0.717) is 5.04 Å². The van der Waals surface area contributed by atoms with Crippen molar-refractivity contribution in [2.24, 2.45) is 0 Å². The monoisotopic (exact) mass is 234 g/mol. The molecule has 0 N–H and O–H groups in total. The molecule has 0 amide bonds. The molecule has 1 heteroatoms. The smallest absolute Gasteiger partial charge is 0.0667 e. The van der Waals surface area contributed by atoms with Gasteiger partial charge in [-0.1, -0.05) is 37.2 Å². The first-order chi connectivity index (χ1) is 7.20. The van der Waals surface area contributed by atoms with E-state index in [1.54, 1.807) is 11.1 Å². The Morgan fingerprint density at radius 3 is 1.75 bits per heavy atom. The largest absolute Gasteiger partial charge is 0.103 e. The first kappa shape index (κ1) is 13.5. The van der Waals surface area contributed by atoms with Crippen molar-refractivity contribution >= 4 is 8.07 Å². The molecule has 0 radical (unpaired) electrons. The molecule has 0 aliphatic heterocycles. The minimum Gasteiger partial charge on any atom is -0.103 e. The summed E-state index contributed by atoms with van der Waals surface area (Å²) in [5.41, 5.74) is 6.23. The van der Waals surface area contributed by atoms with Crippen LogP contribution in [0.25, 0.3) is 0 Å². The summed E-state index contributed by atoms with van der Waals surface area (Å²) in [5, 5.41) is 0.329. The second kappa shape index (κ2) is 4.03. The van der Waals surface area contributed by atoms with Crippen LogP contribution in [0, 0.1) is 0 Å². The first-order valence-corrected chi connectivity index (χ1v) is 9.38. The molecular weight excluding hydrogens is 208 g/mol. The average Bonchev–Trinajstić information content (AvgIpc) is 2.35. The summed E-state index contributed by atoms with van der Waals surface area (Å²) in [5.74, 6) is 0. The van der Waals surface area contributed by atoms with Gasteiger partial charge in [0.25, 0.3) is 0 Å². The van der Waals surface area contributed by atoms with Gasteiger partial charge in [0.15, 0.2) is 0 Å². The van der Waals surface area contributed by atoms with Crippen LogP contribution < -0.4 is 0 Å². The van der Waals surface area contributed by atoms with Crippen molar-refractivity contribution in [2.75, 3.05) is 0 Å². The zero-order valence-corrected chi connectivity index (χ0v) is 13.0. The molecule has 0 saturated carbocycles. The maximum absolute atomic E-state index is 3.94. The molecule has 0 aromatic rings. The van der Waals surface area contributed by atoms with Crippen molar-refractivity contribution in [3.63, 3.8) is 0 Å². The van der Waals surface area contributed by atoms with Gasteiger partial charge in [-0.25, -0.2) is 0 Å². The van der Waals surface area contributed by atoms with Gasteiger partial charge in [0.1, 0.15) is 0 Å². The first-order valence-electron chi connectivity index (χ1n) is 6.17. The maximum Gasteiger partial charge on any atom is 0.0667 e. The van der Waals surface area contributed by atoms with E-state index in [1.807, 2.05) is 0 Å². The quantitative estimate of drug-likeness (QED) is 0.457. The van der Waals surface area contributed by atoms with Gasteiger partial charge < -0.3 is 0 Å². The summed E-state index contributed by atoms with van der Waals surface area (Å²) in [6, 6.07) is 1.19. The van der Waals surface area contributed by atoms with Crippen LogP contribution in [0.3, 0.4) is 0 Å². The van der Waals surface area contributed by atoms with E-state index >= 15 is 0 Å². The van der Waals surface area contributed by atoms with Gasteiger partial charge in [0.2, 0.25) is 0 Å². The Bertz CT molecular complexity index is 356. The Kier molecular flexibility index (Phi) is 3.40. The molecule has 0 saturated heterocycles. The Morgan fingerprint density at radius 1 is 1.06 bits per heavy atom. The Hall–Kier alpha value is -0.563. The molecule has 0 fully saturated rings. The van der Waals surface area contributed by atoms with Crippen LogP contribution in [0.1, 0.15) is 34.6 Å². The third kappa shape index (κ3) is 1.57. The lowest BCUT2D eigenvalue weighted by atomic mass is 9.98. The fourth-order valence-electron chi connectivity index (χ4n) is 3.17. The molecule has 0 aromatic heterocycles. The Morgan fingerprint density at radius 2 is 1.44 bits per heavy atom. The van der Waals surface area contributed by atoms with Crippen LogP contribution in [0.2, 0.25) is 24.2 Å². The number of allylic oxidation sites excluding steroid dienone is 5. The molecule has 0 unspecified atom stereocenters. The molecule has 0 bridgehead atoms. The predicted octanol–water partition coefficient (Wildman–Crippen LogP) is 5.33. The van der Waals surface area contributed by atoms with Gasteiger partial charge in [-0.15, -0.1) is 6.58 Å². The molecule has 90 valence electrons. The fraction of sp³-hybridized carbons (Fsp3) is 0.600. The number of rotatable bonds is 3. The minimum absolute atomic E-state index is 0.329. The van der Waals surface area contributed by atoms with Crippen LogP contribution in [-0.2, 0) is 0 Å². The van der Waals surface area contributed by atoms with Crippen LogP contribution in [0.15, 0.2) is 34.9 Å². The van der Waals surface area contributed by atoms with Crippen LogP contribution in [-0.4, -0.2) is 8.07 Å². The highest BCUT2D eigenvalue weighted by atomic mass is 28.3. The minimum atomic E-state index is -1.34. The molecule has 0 heterocycles. The average molecular weight is 234 g/mol. The van der Waals surface area contributed by atoms with E-state index < -0.39 is 8.07 Å². The summed E-state index contributed by atoms with van der Waals surface area (Å²) < 4.78 is 0. The van der Waals surface area contributed by atoms with Crippen molar-refractivity contribution in [1.29, 1.82) is 0 Å². The van der Waals surface area contributed by atoms with E-state index in [9.17, 15) is 0 Å². The summed E-state index contributed by atoms with van der Waals surface area (Å²) in [6.07, 6.45) is 2.11. The summed E-state index contributed by atoms with van der Waals surface area (Å²) in [4.78, 5) is 0. The van der Waals surface area contributed by atoms with Crippen LogP contribution in [0.5, 0.6) is 0 Å². The molecule has 1 rings (SSSR count). The highest BCUT2D eigenvalue weighted by Crippen LogP contribution is 2.58. The highest BCUT2D eigenvalue weighted by Gasteiger charge is 2.48. The van der Waals surface area contributed by atoms with Crippen molar-refractivity contribution in [3.05, 3.63) is 34.9 Å².